The number of ether oxygens (including phenoxy) is 1. The average molecular weight is 445 g/mol. The zero-order chi connectivity index (χ0) is 22.5. The van der Waals surface area contributed by atoms with Gasteiger partial charge in [0.25, 0.3) is 5.91 Å². The molecule has 32 heavy (non-hydrogen) atoms. The summed E-state index contributed by atoms with van der Waals surface area (Å²) in [5.74, 6) is -0.986. The van der Waals surface area contributed by atoms with E-state index in [1.54, 1.807) is 54.6 Å². The fourth-order valence-corrected chi connectivity index (χ4v) is 3.18. The summed E-state index contributed by atoms with van der Waals surface area (Å²) in [5.41, 5.74) is 3.32. The number of para-hydroxylation sites is 1. The van der Waals surface area contributed by atoms with E-state index in [2.05, 4.69) is 10.5 Å². The second-order valence-corrected chi connectivity index (χ2v) is 7.29. The maximum atomic E-state index is 12.5. The largest absolute Gasteiger partial charge is 0.507 e. The summed E-state index contributed by atoms with van der Waals surface area (Å²) >= 11 is 5.85. The molecule has 0 spiro atoms. The molecule has 158 valence electrons. The van der Waals surface area contributed by atoms with E-state index in [1.165, 1.54) is 12.3 Å². The van der Waals surface area contributed by atoms with Gasteiger partial charge in [-0.2, -0.15) is 5.10 Å². The maximum absolute atomic E-state index is 12.5. The van der Waals surface area contributed by atoms with Crippen LogP contribution in [0.4, 0.5) is 0 Å². The van der Waals surface area contributed by atoms with Gasteiger partial charge < -0.3 is 9.84 Å². The topological polar surface area (TPSA) is 88.0 Å². The first-order valence-corrected chi connectivity index (χ1v) is 10.0. The second-order valence-electron chi connectivity index (χ2n) is 6.85. The van der Waals surface area contributed by atoms with Gasteiger partial charge in [-0.3, -0.25) is 4.79 Å². The lowest BCUT2D eigenvalue weighted by atomic mass is 10.1. The Morgan fingerprint density at radius 2 is 1.56 bits per heavy atom. The molecule has 0 unspecified atom stereocenters. The first-order valence-electron chi connectivity index (χ1n) is 9.63. The predicted octanol–water partition coefficient (Wildman–Crippen LogP) is 5.18. The molecule has 4 rings (SSSR count). The number of halogens is 1. The molecule has 0 saturated heterocycles. The molecule has 2 N–H and O–H groups in total. The molecule has 4 aromatic rings. The van der Waals surface area contributed by atoms with Crippen LogP contribution in [0.25, 0.3) is 10.8 Å². The van der Waals surface area contributed by atoms with Crippen molar-refractivity contribution in [2.24, 2.45) is 5.10 Å². The van der Waals surface area contributed by atoms with Crippen LogP contribution in [0.2, 0.25) is 5.02 Å². The van der Waals surface area contributed by atoms with Crippen LogP contribution in [-0.2, 0) is 0 Å². The Balaban J connectivity index is 1.48. The molecule has 0 aliphatic carbocycles. The lowest BCUT2D eigenvalue weighted by Crippen LogP contribution is -2.18. The molecule has 0 bridgehead atoms. The lowest BCUT2D eigenvalue weighted by molar-refractivity contribution is 0.0734. The Kier molecular flexibility index (Phi) is 6.14. The highest BCUT2D eigenvalue weighted by Gasteiger charge is 2.13. The van der Waals surface area contributed by atoms with Gasteiger partial charge in [0.2, 0.25) is 0 Å². The molecule has 0 saturated carbocycles. The number of hydrazone groups is 1. The van der Waals surface area contributed by atoms with Crippen LogP contribution in [0.5, 0.6) is 11.5 Å². The number of aromatic hydroxyl groups is 1. The van der Waals surface area contributed by atoms with Crippen molar-refractivity contribution in [3.05, 3.63) is 107 Å². The van der Waals surface area contributed by atoms with Crippen LogP contribution >= 0.6 is 11.6 Å². The second kappa shape index (κ2) is 9.32. The number of carbonyl (C=O) groups is 2. The highest BCUT2D eigenvalue weighted by atomic mass is 35.5. The van der Waals surface area contributed by atoms with Gasteiger partial charge in [-0.25, -0.2) is 10.2 Å². The van der Waals surface area contributed by atoms with Gasteiger partial charge >= 0.3 is 5.97 Å². The number of benzene rings is 4. The maximum Gasteiger partial charge on any atom is 0.343 e. The third-order valence-corrected chi connectivity index (χ3v) is 4.93. The predicted molar refractivity (Wildman–Crippen MR) is 124 cm³/mol. The Morgan fingerprint density at radius 1 is 0.906 bits per heavy atom. The number of rotatable bonds is 5. The van der Waals surface area contributed by atoms with E-state index in [-0.39, 0.29) is 17.1 Å². The van der Waals surface area contributed by atoms with Crippen LogP contribution in [0, 0.1) is 0 Å². The number of esters is 1. The molecule has 0 heterocycles. The number of hydrogen-bond donors (Lipinski definition) is 2. The standard InChI is InChI=1S/C25H17ClN2O4/c26-20-11-9-16(10-12-20)25(31)32-23-8-4-3-7-19(23)15-27-28-24(30)21-13-17-5-1-2-6-18(17)14-22(21)29/h1-15,29H,(H,28,30)/b27-15+. The van der Waals surface area contributed by atoms with Crippen LogP contribution in [0.15, 0.2) is 90.0 Å². The van der Waals surface area contributed by atoms with Crippen molar-refractivity contribution in [2.75, 3.05) is 0 Å². The molecule has 0 radical (unpaired) electrons. The minimum absolute atomic E-state index is 0.100. The van der Waals surface area contributed by atoms with Gasteiger partial charge in [0.1, 0.15) is 11.5 Å². The third-order valence-electron chi connectivity index (χ3n) is 4.68. The SMILES string of the molecule is O=C(Oc1ccccc1/C=N/NC(=O)c1cc2ccccc2cc1O)c1ccc(Cl)cc1. The molecule has 0 aliphatic rings. The van der Waals surface area contributed by atoms with Crippen molar-refractivity contribution in [3.8, 4) is 11.5 Å². The smallest absolute Gasteiger partial charge is 0.343 e. The van der Waals surface area contributed by atoms with E-state index >= 15 is 0 Å². The molecule has 6 nitrogen and oxygen atoms in total. The van der Waals surface area contributed by atoms with Crippen molar-refractivity contribution in [1.29, 1.82) is 0 Å². The molecule has 0 aromatic heterocycles. The van der Waals surface area contributed by atoms with Gasteiger partial charge in [0.15, 0.2) is 0 Å². The van der Waals surface area contributed by atoms with E-state index < -0.39 is 11.9 Å². The van der Waals surface area contributed by atoms with Gasteiger partial charge in [-0.05, 0) is 59.3 Å². The molecule has 0 atom stereocenters. The summed E-state index contributed by atoms with van der Waals surface area (Å²) in [6.45, 7) is 0. The summed E-state index contributed by atoms with van der Waals surface area (Å²) in [5, 5.41) is 16.3. The quantitative estimate of drug-likeness (QED) is 0.192. The number of carbonyl (C=O) groups excluding carboxylic acids is 2. The highest BCUT2D eigenvalue weighted by Crippen LogP contribution is 2.25. The fraction of sp³-hybridized carbons (Fsp3) is 0. The minimum atomic E-state index is -0.569. The summed E-state index contributed by atoms with van der Waals surface area (Å²) in [4.78, 5) is 24.9. The van der Waals surface area contributed by atoms with Gasteiger partial charge in [0, 0.05) is 10.6 Å². The van der Waals surface area contributed by atoms with Gasteiger partial charge in [0.05, 0.1) is 17.3 Å². The van der Waals surface area contributed by atoms with Gasteiger partial charge in [-0.1, -0.05) is 48.0 Å². The number of nitrogens with one attached hydrogen (secondary N) is 1. The monoisotopic (exact) mass is 444 g/mol. The summed E-state index contributed by atoms with van der Waals surface area (Å²) in [6, 6.07) is 23.6. The molecule has 0 fully saturated rings. The zero-order valence-corrected chi connectivity index (χ0v) is 17.4. The average Bonchev–Trinajstić information content (AvgIpc) is 2.80. The van der Waals surface area contributed by atoms with E-state index in [1.807, 2.05) is 24.3 Å². The van der Waals surface area contributed by atoms with E-state index in [9.17, 15) is 14.7 Å². The number of nitrogens with zero attached hydrogens (tertiary/aromatic N) is 1. The Bertz CT molecular complexity index is 1330. The van der Waals surface area contributed by atoms with Crippen molar-refractivity contribution in [1.82, 2.24) is 5.43 Å². The third kappa shape index (κ3) is 4.77. The summed E-state index contributed by atoms with van der Waals surface area (Å²) in [6.07, 6.45) is 1.36. The summed E-state index contributed by atoms with van der Waals surface area (Å²) in [7, 11) is 0. The first-order chi connectivity index (χ1) is 15.5. The van der Waals surface area contributed by atoms with Crippen LogP contribution in [0.3, 0.4) is 0 Å². The molecule has 0 aliphatic heterocycles. The van der Waals surface area contributed by atoms with Crippen molar-refractivity contribution < 1.29 is 19.4 Å². The highest BCUT2D eigenvalue weighted by molar-refractivity contribution is 6.30. The number of hydrogen-bond acceptors (Lipinski definition) is 5. The molecular formula is C25H17ClN2O4. The lowest BCUT2D eigenvalue weighted by Gasteiger charge is -2.08. The summed E-state index contributed by atoms with van der Waals surface area (Å²) < 4.78 is 5.45. The number of amides is 1. The Hall–Kier alpha value is -4.16. The van der Waals surface area contributed by atoms with Gasteiger partial charge in [-0.15, -0.1) is 0 Å². The molecule has 1 amide bonds. The van der Waals surface area contributed by atoms with Crippen LogP contribution in [-0.4, -0.2) is 23.2 Å². The number of phenols is 1. The van der Waals surface area contributed by atoms with E-state index in [0.29, 0.717) is 16.1 Å². The first kappa shape index (κ1) is 21.1. The zero-order valence-electron chi connectivity index (χ0n) is 16.7. The Morgan fingerprint density at radius 3 is 2.31 bits per heavy atom. The van der Waals surface area contributed by atoms with Crippen LogP contribution < -0.4 is 10.2 Å². The molecular weight excluding hydrogens is 428 g/mol. The number of fused-ring (bicyclic) bond motifs is 1. The normalized spacial score (nSPS) is 10.9. The molecule has 7 heteroatoms. The minimum Gasteiger partial charge on any atom is -0.507 e. The van der Waals surface area contributed by atoms with Crippen molar-refractivity contribution >= 4 is 40.5 Å². The number of phenolic OH excluding ortho intramolecular Hbond substituents is 1. The van der Waals surface area contributed by atoms with Crippen LogP contribution in [0.1, 0.15) is 26.3 Å². The van der Waals surface area contributed by atoms with E-state index in [4.69, 9.17) is 16.3 Å². The van der Waals surface area contributed by atoms with Crippen molar-refractivity contribution in [3.63, 3.8) is 0 Å². The Labute approximate surface area is 188 Å². The van der Waals surface area contributed by atoms with E-state index in [0.717, 1.165) is 10.8 Å². The molecule has 4 aromatic carbocycles. The fourth-order valence-electron chi connectivity index (χ4n) is 3.06. The van der Waals surface area contributed by atoms with Crippen molar-refractivity contribution in [2.45, 2.75) is 0 Å².